The summed E-state index contributed by atoms with van der Waals surface area (Å²) in [4.78, 5) is 16.2. The van der Waals surface area contributed by atoms with Crippen LogP contribution in [0.1, 0.15) is 5.56 Å². The van der Waals surface area contributed by atoms with E-state index in [1.807, 2.05) is 12.1 Å². The van der Waals surface area contributed by atoms with Gasteiger partial charge >= 0.3 is 0 Å². The molecule has 0 fully saturated rings. The van der Waals surface area contributed by atoms with E-state index in [0.717, 1.165) is 11.1 Å². The van der Waals surface area contributed by atoms with Crippen LogP contribution in [0.25, 0.3) is 17.4 Å². The van der Waals surface area contributed by atoms with Gasteiger partial charge in [-0.15, -0.1) is 0 Å². The third-order valence-corrected chi connectivity index (χ3v) is 4.01. The van der Waals surface area contributed by atoms with Gasteiger partial charge in [0.25, 0.3) is 0 Å². The zero-order valence-electron chi connectivity index (χ0n) is 15.8. The molecule has 0 bridgehead atoms. The van der Waals surface area contributed by atoms with Crippen LogP contribution in [-0.4, -0.2) is 32.2 Å². The number of hydrogen-bond donors (Lipinski definition) is 1. The van der Waals surface area contributed by atoms with Crippen molar-refractivity contribution in [3.8, 4) is 28.6 Å². The maximum absolute atomic E-state index is 12.3. The lowest BCUT2D eigenvalue weighted by Gasteiger charge is -2.10. The van der Waals surface area contributed by atoms with E-state index in [2.05, 4.69) is 10.3 Å². The van der Waals surface area contributed by atoms with Gasteiger partial charge in [0.15, 0.2) is 23.7 Å². The van der Waals surface area contributed by atoms with Gasteiger partial charge in [0, 0.05) is 23.4 Å². The Balaban J connectivity index is 1.76. The van der Waals surface area contributed by atoms with Crippen molar-refractivity contribution < 1.29 is 23.4 Å². The Morgan fingerprint density at radius 1 is 1.07 bits per heavy atom. The van der Waals surface area contributed by atoms with Crippen LogP contribution in [0.2, 0.25) is 0 Å². The molecule has 1 heterocycles. The largest absolute Gasteiger partial charge is 0.496 e. The van der Waals surface area contributed by atoms with Gasteiger partial charge in [0.2, 0.25) is 5.91 Å². The first-order valence-corrected chi connectivity index (χ1v) is 8.43. The Morgan fingerprint density at radius 2 is 1.89 bits per heavy atom. The van der Waals surface area contributed by atoms with Crippen LogP contribution in [-0.2, 0) is 4.79 Å². The van der Waals surface area contributed by atoms with Gasteiger partial charge in [-0.2, -0.15) is 0 Å². The van der Waals surface area contributed by atoms with Crippen molar-refractivity contribution in [2.24, 2.45) is 0 Å². The maximum atomic E-state index is 12.3. The number of benzene rings is 2. The quantitative estimate of drug-likeness (QED) is 0.624. The molecule has 1 amide bonds. The molecule has 3 aromatic rings. The topological polar surface area (TPSA) is 82.8 Å². The number of para-hydroxylation sites is 1. The van der Waals surface area contributed by atoms with Crippen LogP contribution < -0.4 is 19.5 Å². The lowest BCUT2D eigenvalue weighted by Crippen LogP contribution is -2.08. The van der Waals surface area contributed by atoms with Gasteiger partial charge in [-0.1, -0.05) is 12.1 Å². The van der Waals surface area contributed by atoms with Crippen LogP contribution in [0.3, 0.4) is 0 Å². The molecular formula is C21H20N2O5. The maximum Gasteiger partial charge on any atom is 0.248 e. The molecule has 0 unspecified atom stereocenters. The molecular weight excluding hydrogens is 360 g/mol. The van der Waals surface area contributed by atoms with Crippen molar-refractivity contribution in [3.05, 3.63) is 60.6 Å². The minimum Gasteiger partial charge on any atom is -0.496 e. The van der Waals surface area contributed by atoms with Gasteiger partial charge in [-0.05, 0) is 24.3 Å². The SMILES string of the molecule is COc1cc(NC(=O)C=Cc2cccc(OC)c2OC)ccc1-c1cnco1. The van der Waals surface area contributed by atoms with Gasteiger partial charge in [-0.3, -0.25) is 4.79 Å². The summed E-state index contributed by atoms with van der Waals surface area (Å²) in [7, 11) is 4.67. The van der Waals surface area contributed by atoms with E-state index >= 15 is 0 Å². The number of carbonyl (C=O) groups excluding carboxylic acids is 1. The molecule has 0 aliphatic carbocycles. The van der Waals surface area contributed by atoms with E-state index in [1.165, 1.54) is 12.5 Å². The Bertz CT molecular complexity index is 980. The minimum absolute atomic E-state index is 0.292. The summed E-state index contributed by atoms with van der Waals surface area (Å²) in [6.07, 6.45) is 6.04. The summed E-state index contributed by atoms with van der Waals surface area (Å²) >= 11 is 0. The molecule has 0 aliphatic rings. The molecule has 28 heavy (non-hydrogen) atoms. The fourth-order valence-electron chi connectivity index (χ4n) is 2.71. The predicted molar refractivity (Wildman–Crippen MR) is 106 cm³/mol. The molecule has 7 nitrogen and oxygen atoms in total. The Hall–Kier alpha value is -3.74. The Labute approximate surface area is 162 Å². The first kappa shape index (κ1) is 19.0. The van der Waals surface area contributed by atoms with E-state index in [4.69, 9.17) is 18.6 Å². The molecule has 7 heteroatoms. The molecule has 1 N–H and O–H groups in total. The summed E-state index contributed by atoms with van der Waals surface area (Å²) in [5, 5.41) is 2.80. The number of aromatic nitrogens is 1. The van der Waals surface area contributed by atoms with Crippen molar-refractivity contribution in [2.75, 3.05) is 26.6 Å². The molecule has 2 aromatic carbocycles. The van der Waals surface area contributed by atoms with E-state index < -0.39 is 0 Å². The highest BCUT2D eigenvalue weighted by Gasteiger charge is 2.11. The van der Waals surface area contributed by atoms with Crippen LogP contribution in [0, 0.1) is 0 Å². The van der Waals surface area contributed by atoms with Gasteiger partial charge in [0.1, 0.15) is 5.75 Å². The smallest absolute Gasteiger partial charge is 0.248 e. The number of carbonyl (C=O) groups is 1. The molecule has 0 radical (unpaired) electrons. The average molecular weight is 380 g/mol. The number of rotatable bonds is 7. The Morgan fingerprint density at radius 3 is 2.57 bits per heavy atom. The summed E-state index contributed by atoms with van der Waals surface area (Å²) < 4.78 is 21.3. The lowest BCUT2D eigenvalue weighted by molar-refractivity contribution is -0.111. The number of anilines is 1. The fraction of sp³-hybridized carbons (Fsp3) is 0.143. The minimum atomic E-state index is -0.292. The third-order valence-electron chi connectivity index (χ3n) is 4.01. The molecule has 0 aliphatic heterocycles. The number of amides is 1. The average Bonchev–Trinajstić information content (AvgIpc) is 3.26. The molecule has 0 atom stereocenters. The van der Waals surface area contributed by atoms with E-state index in [-0.39, 0.29) is 5.91 Å². The van der Waals surface area contributed by atoms with Gasteiger partial charge in [-0.25, -0.2) is 4.98 Å². The number of ether oxygens (including phenoxy) is 3. The lowest BCUT2D eigenvalue weighted by atomic mass is 10.1. The Kier molecular flexibility index (Phi) is 5.96. The summed E-state index contributed by atoms with van der Waals surface area (Å²) in [6, 6.07) is 10.7. The second-order valence-electron chi connectivity index (χ2n) is 5.69. The normalized spacial score (nSPS) is 10.7. The molecule has 3 rings (SSSR count). The van der Waals surface area contributed by atoms with E-state index in [0.29, 0.717) is 28.7 Å². The summed E-state index contributed by atoms with van der Waals surface area (Å²) in [5.41, 5.74) is 2.07. The number of hydrogen-bond acceptors (Lipinski definition) is 6. The molecule has 0 saturated heterocycles. The summed E-state index contributed by atoms with van der Waals surface area (Å²) in [6.45, 7) is 0. The number of oxazole rings is 1. The number of methoxy groups -OCH3 is 3. The van der Waals surface area contributed by atoms with Crippen molar-refractivity contribution in [3.63, 3.8) is 0 Å². The second-order valence-corrected chi connectivity index (χ2v) is 5.69. The molecule has 0 saturated carbocycles. The molecule has 0 spiro atoms. The van der Waals surface area contributed by atoms with Crippen LogP contribution in [0.15, 0.2) is 59.5 Å². The monoisotopic (exact) mass is 380 g/mol. The zero-order valence-corrected chi connectivity index (χ0v) is 15.8. The van der Waals surface area contributed by atoms with Crippen molar-refractivity contribution in [1.29, 1.82) is 0 Å². The van der Waals surface area contributed by atoms with E-state index in [1.54, 1.807) is 57.9 Å². The standard InChI is InChI=1S/C21H20N2O5/c1-25-17-6-4-5-14(21(17)27-3)7-10-20(24)23-15-8-9-16(18(11-15)26-2)19-12-22-13-28-19/h4-13H,1-3H3,(H,23,24). The van der Waals surface area contributed by atoms with Crippen molar-refractivity contribution in [2.45, 2.75) is 0 Å². The first-order valence-electron chi connectivity index (χ1n) is 8.43. The second kappa shape index (κ2) is 8.77. The predicted octanol–water partition coefficient (Wildman–Crippen LogP) is 4.02. The number of nitrogens with zero attached hydrogens (tertiary/aromatic N) is 1. The van der Waals surface area contributed by atoms with Gasteiger partial charge in [0.05, 0.1) is 33.1 Å². The van der Waals surface area contributed by atoms with Crippen molar-refractivity contribution in [1.82, 2.24) is 4.98 Å². The highest BCUT2D eigenvalue weighted by atomic mass is 16.5. The van der Waals surface area contributed by atoms with Gasteiger partial charge < -0.3 is 23.9 Å². The fourth-order valence-corrected chi connectivity index (χ4v) is 2.71. The summed E-state index contributed by atoms with van der Waals surface area (Å²) in [5.74, 6) is 2.01. The zero-order chi connectivity index (χ0) is 19.9. The molecule has 1 aromatic heterocycles. The highest BCUT2D eigenvalue weighted by molar-refractivity contribution is 6.02. The first-order chi connectivity index (χ1) is 13.7. The van der Waals surface area contributed by atoms with Crippen LogP contribution in [0.5, 0.6) is 17.2 Å². The highest BCUT2D eigenvalue weighted by Crippen LogP contribution is 2.33. The van der Waals surface area contributed by atoms with Crippen LogP contribution in [0.4, 0.5) is 5.69 Å². The van der Waals surface area contributed by atoms with E-state index in [9.17, 15) is 4.79 Å². The molecule has 144 valence electrons. The van der Waals surface area contributed by atoms with Crippen LogP contribution >= 0.6 is 0 Å². The van der Waals surface area contributed by atoms with Crippen molar-refractivity contribution >= 4 is 17.7 Å². The number of nitrogens with one attached hydrogen (secondary N) is 1. The third kappa shape index (κ3) is 4.15.